The fraction of sp³-hybridized carbons (Fsp3) is 0.545. The molecular weight excluding hydrogens is 384 g/mol. The van der Waals surface area contributed by atoms with E-state index in [2.05, 4.69) is 44.3 Å². The molecule has 0 aliphatic carbocycles. The summed E-state index contributed by atoms with van der Waals surface area (Å²) >= 11 is 0. The molecule has 0 unspecified atom stereocenters. The summed E-state index contributed by atoms with van der Waals surface area (Å²) in [6.07, 6.45) is 2.87. The summed E-state index contributed by atoms with van der Waals surface area (Å²) in [6, 6.07) is 3.59. The molecule has 160 valence electrons. The number of hydrogen-bond acceptors (Lipinski definition) is 4. The Morgan fingerprint density at radius 2 is 1.86 bits per heavy atom. The van der Waals surface area contributed by atoms with Gasteiger partial charge in [0.1, 0.15) is 5.75 Å². The first-order valence-electron chi connectivity index (χ1n) is 10.2. The molecule has 1 aromatic carbocycles. The maximum atomic E-state index is 12.4. The van der Waals surface area contributed by atoms with Gasteiger partial charge in [0.2, 0.25) is 0 Å². The van der Waals surface area contributed by atoms with Crippen molar-refractivity contribution in [2.45, 2.75) is 59.2 Å². The van der Waals surface area contributed by atoms with Crippen LogP contribution in [0.5, 0.6) is 5.75 Å². The van der Waals surface area contributed by atoms with Crippen molar-refractivity contribution in [2.75, 3.05) is 19.7 Å². The molecule has 0 saturated carbocycles. The Balaban J connectivity index is 2.69. The summed E-state index contributed by atoms with van der Waals surface area (Å²) in [5.74, 6) is 0.261. The van der Waals surface area contributed by atoms with Crippen LogP contribution < -0.4 is 4.74 Å². The number of carbonyl (C=O) groups excluding carboxylic acids is 2. The van der Waals surface area contributed by atoms with Crippen LogP contribution in [0.4, 0.5) is 4.79 Å². The molecule has 6 nitrogen and oxygen atoms in total. The molecule has 2 rings (SSSR count). The van der Waals surface area contributed by atoms with Crippen LogP contribution in [0.1, 0.15) is 50.5 Å². The van der Waals surface area contributed by atoms with E-state index in [4.69, 9.17) is 4.74 Å². The number of aliphatic hydroxyl groups is 1. The highest BCUT2D eigenvalue weighted by molar-refractivity contribution is 6.79. The third kappa shape index (κ3) is 4.40. The van der Waals surface area contributed by atoms with E-state index in [-0.39, 0.29) is 17.4 Å². The third-order valence-electron chi connectivity index (χ3n) is 6.18. The molecule has 1 amide bonds. The molecule has 0 saturated heterocycles. The summed E-state index contributed by atoms with van der Waals surface area (Å²) in [6.45, 7) is 16.2. The zero-order valence-corrected chi connectivity index (χ0v) is 19.7. The molecule has 0 aliphatic rings. The van der Waals surface area contributed by atoms with Crippen molar-refractivity contribution in [1.29, 1.82) is 0 Å². The number of benzene rings is 1. The zero-order chi connectivity index (χ0) is 22.0. The molecule has 0 fully saturated rings. The summed E-state index contributed by atoms with van der Waals surface area (Å²) in [5, 5.41) is 10.6. The average Bonchev–Trinajstić information content (AvgIpc) is 2.99. The van der Waals surface area contributed by atoms with Gasteiger partial charge < -0.3 is 19.0 Å². The van der Waals surface area contributed by atoms with Gasteiger partial charge in [-0.25, -0.2) is 4.79 Å². The molecule has 7 heteroatoms. The van der Waals surface area contributed by atoms with Gasteiger partial charge >= 0.3 is 6.09 Å². The van der Waals surface area contributed by atoms with Crippen molar-refractivity contribution in [2.24, 2.45) is 0 Å². The number of aldehydes is 1. The van der Waals surface area contributed by atoms with Gasteiger partial charge in [-0.2, -0.15) is 0 Å². The third-order valence-corrected chi connectivity index (χ3v) is 11.4. The lowest BCUT2D eigenvalue weighted by molar-refractivity contribution is 0.111. The van der Waals surface area contributed by atoms with E-state index in [0.717, 1.165) is 22.8 Å². The van der Waals surface area contributed by atoms with Crippen molar-refractivity contribution in [3.63, 3.8) is 0 Å². The summed E-state index contributed by atoms with van der Waals surface area (Å²) in [5.41, 5.74) is 2.29. The van der Waals surface area contributed by atoms with Crippen molar-refractivity contribution in [3.8, 4) is 5.75 Å². The molecule has 0 bridgehead atoms. The number of rotatable bonds is 7. The van der Waals surface area contributed by atoms with Crippen LogP contribution in [0.15, 0.2) is 18.3 Å². The summed E-state index contributed by atoms with van der Waals surface area (Å²) < 4.78 is 7.88. The van der Waals surface area contributed by atoms with E-state index in [1.165, 1.54) is 0 Å². The standard InChI is InChI=1S/C22H34N2O4Si/c1-8-23(9-2)21(27)28-20-13-18-16(10-11-25)14-24(19(18)12-17(20)15-26)29(6,7)22(3,4)5/h12-15,25H,8-11H2,1-7H3. The minimum atomic E-state index is -1.97. The maximum absolute atomic E-state index is 12.4. The predicted octanol–water partition coefficient (Wildman–Crippen LogP) is 4.68. The first kappa shape index (κ1) is 23.2. The number of fused-ring (bicyclic) bond motifs is 1. The Morgan fingerprint density at radius 3 is 2.34 bits per heavy atom. The molecule has 1 N–H and O–H groups in total. The molecular formula is C22H34N2O4Si. The number of amides is 1. The zero-order valence-electron chi connectivity index (χ0n) is 18.7. The summed E-state index contributed by atoms with van der Waals surface area (Å²) in [7, 11) is -1.97. The lowest BCUT2D eigenvalue weighted by Gasteiger charge is -2.38. The second kappa shape index (κ2) is 8.71. The van der Waals surface area contributed by atoms with Crippen molar-refractivity contribution in [1.82, 2.24) is 9.13 Å². The largest absolute Gasteiger partial charge is 0.415 e. The molecule has 0 radical (unpaired) electrons. The van der Waals surface area contributed by atoms with Gasteiger partial charge in [0.05, 0.1) is 5.56 Å². The molecule has 0 atom stereocenters. The van der Waals surface area contributed by atoms with Gasteiger partial charge in [-0.05, 0) is 49.2 Å². The van der Waals surface area contributed by atoms with Crippen molar-refractivity contribution >= 4 is 31.5 Å². The number of nitrogens with zero attached hydrogens (tertiary/aromatic N) is 2. The Labute approximate surface area is 174 Å². The molecule has 1 heterocycles. The molecule has 1 aromatic heterocycles. The maximum Gasteiger partial charge on any atom is 0.415 e. The Morgan fingerprint density at radius 1 is 1.24 bits per heavy atom. The first-order valence-corrected chi connectivity index (χ1v) is 13.2. The van der Waals surface area contributed by atoms with Gasteiger partial charge in [0.25, 0.3) is 0 Å². The van der Waals surface area contributed by atoms with Crippen LogP contribution in [0.2, 0.25) is 18.1 Å². The number of ether oxygens (including phenoxy) is 1. The predicted molar refractivity (Wildman–Crippen MR) is 120 cm³/mol. The van der Waals surface area contributed by atoms with E-state index in [1.807, 2.05) is 19.9 Å². The van der Waals surface area contributed by atoms with Crippen LogP contribution in [0.25, 0.3) is 10.9 Å². The Kier molecular flexibility index (Phi) is 6.96. The van der Waals surface area contributed by atoms with E-state index in [1.54, 1.807) is 11.0 Å². The Hall–Kier alpha value is -2.12. The van der Waals surface area contributed by atoms with Crippen LogP contribution >= 0.6 is 0 Å². The number of aliphatic hydroxyl groups excluding tert-OH is 1. The highest BCUT2D eigenvalue weighted by Crippen LogP contribution is 2.41. The van der Waals surface area contributed by atoms with E-state index in [0.29, 0.717) is 25.1 Å². The SMILES string of the molecule is CCN(CC)C(=O)Oc1cc2c(CCO)cn([Si](C)(C)C(C)(C)C)c2cc1C=O. The quantitative estimate of drug-likeness (QED) is 0.523. The minimum absolute atomic E-state index is 0.0284. The fourth-order valence-corrected chi connectivity index (χ4v) is 5.29. The number of aromatic nitrogens is 1. The first-order chi connectivity index (χ1) is 13.5. The van der Waals surface area contributed by atoms with Crippen LogP contribution in [-0.2, 0) is 6.42 Å². The molecule has 0 spiro atoms. The van der Waals surface area contributed by atoms with E-state index < -0.39 is 14.3 Å². The second-order valence-electron chi connectivity index (χ2n) is 8.87. The van der Waals surface area contributed by atoms with Gasteiger partial charge in [0, 0.05) is 30.6 Å². The van der Waals surface area contributed by atoms with Crippen LogP contribution in [0.3, 0.4) is 0 Å². The lowest BCUT2D eigenvalue weighted by Crippen LogP contribution is -2.44. The lowest BCUT2D eigenvalue weighted by atomic mass is 10.1. The average molecular weight is 419 g/mol. The molecule has 2 aromatic rings. The van der Waals surface area contributed by atoms with Gasteiger partial charge in [-0.3, -0.25) is 4.79 Å². The van der Waals surface area contributed by atoms with Crippen LogP contribution in [0, 0.1) is 0 Å². The monoisotopic (exact) mass is 418 g/mol. The van der Waals surface area contributed by atoms with Gasteiger partial charge in [-0.15, -0.1) is 0 Å². The fourth-order valence-electron chi connectivity index (χ4n) is 3.30. The molecule has 0 aliphatic heterocycles. The van der Waals surface area contributed by atoms with E-state index in [9.17, 15) is 14.7 Å². The van der Waals surface area contributed by atoms with Crippen molar-refractivity contribution in [3.05, 3.63) is 29.5 Å². The van der Waals surface area contributed by atoms with Crippen molar-refractivity contribution < 1.29 is 19.4 Å². The van der Waals surface area contributed by atoms with E-state index >= 15 is 0 Å². The minimum Gasteiger partial charge on any atom is -0.409 e. The number of carbonyl (C=O) groups is 2. The smallest absolute Gasteiger partial charge is 0.409 e. The topological polar surface area (TPSA) is 71.8 Å². The highest BCUT2D eigenvalue weighted by atomic mass is 28.3. The van der Waals surface area contributed by atoms with Gasteiger partial charge in [0.15, 0.2) is 14.5 Å². The second-order valence-corrected chi connectivity index (χ2v) is 14.0. The molecule has 29 heavy (non-hydrogen) atoms. The summed E-state index contributed by atoms with van der Waals surface area (Å²) in [4.78, 5) is 25.8. The Bertz CT molecular complexity index is 892. The van der Waals surface area contributed by atoms with Crippen LogP contribution in [-0.4, -0.2) is 54.6 Å². The normalized spacial score (nSPS) is 12.3. The highest BCUT2D eigenvalue weighted by Gasteiger charge is 2.38. The van der Waals surface area contributed by atoms with Gasteiger partial charge in [-0.1, -0.05) is 33.9 Å². The number of hydrogen-bond donors (Lipinski definition) is 1.